The highest BCUT2D eigenvalue weighted by Crippen LogP contribution is 2.37. The highest BCUT2D eigenvalue weighted by Gasteiger charge is 2.38. The number of rotatable bonds is 4. The summed E-state index contributed by atoms with van der Waals surface area (Å²) in [6, 6.07) is 12.3. The second-order valence-electron chi connectivity index (χ2n) is 7.15. The van der Waals surface area contributed by atoms with E-state index in [2.05, 4.69) is 33.5 Å². The molecule has 3 aromatic rings. The molecule has 1 aliphatic carbocycles. The van der Waals surface area contributed by atoms with Crippen molar-refractivity contribution in [3.63, 3.8) is 0 Å². The fourth-order valence-corrected chi connectivity index (χ4v) is 3.02. The average Bonchev–Trinajstić information content (AvgIpc) is 3.46. The zero-order valence-corrected chi connectivity index (χ0v) is 16.1. The largest absolute Gasteiger partial charge is 0.490 e. The molecular weight excluding hydrogens is 415 g/mol. The van der Waals surface area contributed by atoms with E-state index in [0.717, 1.165) is 51.8 Å². The number of carbonyl (C=O) groups is 1. The van der Waals surface area contributed by atoms with Gasteiger partial charge < -0.3 is 19.9 Å². The minimum absolute atomic E-state index is 0.291. The maximum Gasteiger partial charge on any atom is 0.490 e. The molecule has 7 nitrogen and oxygen atoms in total. The molecule has 1 aromatic heterocycles. The van der Waals surface area contributed by atoms with Crippen molar-refractivity contribution < 1.29 is 32.5 Å². The van der Waals surface area contributed by atoms with E-state index in [-0.39, 0.29) is 0 Å². The van der Waals surface area contributed by atoms with Crippen LogP contribution in [0.25, 0.3) is 22.0 Å². The van der Waals surface area contributed by atoms with Crippen LogP contribution in [0.15, 0.2) is 42.7 Å². The number of alkyl halides is 3. The first-order valence-electron chi connectivity index (χ1n) is 9.50. The van der Waals surface area contributed by atoms with E-state index < -0.39 is 12.1 Å². The van der Waals surface area contributed by atoms with Crippen molar-refractivity contribution in [3.8, 4) is 22.6 Å². The molecule has 2 aliphatic rings. The van der Waals surface area contributed by atoms with E-state index >= 15 is 0 Å². The third-order valence-electron chi connectivity index (χ3n) is 4.84. The van der Waals surface area contributed by atoms with Crippen molar-refractivity contribution in [1.82, 2.24) is 9.97 Å². The predicted octanol–water partition coefficient (Wildman–Crippen LogP) is 4.48. The maximum atomic E-state index is 10.6. The van der Waals surface area contributed by atoms with Gasteiger partial charge in [-0.2, -0.15) is 13.2 Å². The minimum atomic E-state index is -5.08. The minimum Gasteiger partial charge on any atom is -0.475 e. The number of hydrogen-bond donors (Lipinski definition) is 2. The van der Waals surface area contributed by atoms with Gasteiger partial charge in [-0.1, -0.05) is 12.1 Å². The first-order valence-corrected chi connectivity index (χ1v) is 9.50. The monoisotopic (exact) mass is 433 g/mol. The van der Waals surface area contributed by atoms with Gasteiger partial charge in [-0.3, -0.25) is 0 Å². The number of aromatic nitrogens is 2. The lowest BCUT2D eigenvalue weighted by molar-refractivity contribution is -0.192. The SMILES string of the molecule is O=C(O)C(F)(F)F.c1nc(NCC2CC2)c2cc(-c3ccc4c(c3)OCO4)ccc2n1. The van der Waals surface area contributed by atoms with Crippen LogP contribution in [-0.2, 0) is 4.79 Å². The Labute approximate surface area is 174 Å². The van der Waals surface area contributed by atoms with Crippen molar-refractivity contribution in [1.29, 1.82) is 0 Å². The van der Waals surface area contributed by atoms with E-state index in [0.29, 0.717) is 6.79 Å². The number of fused-ring (bicyclic) bond motifs is 2. The van der Waals surface area contributed by atoms with Gasteiger partial charge in [0.05, 0.1) is 5.52 Å². The summed E-state index contributed by atoms with van der Waals surface area (Å²) in [7, 11) is 0. The van der Waals surface area contributed by atoms with E-state index in [4.69, 9.17) is 19.4 Å². The summed E-state index contributed by atoms with van der Waals surface area (Å²) in [5, 5.41) is 11.6. The number of hydrogen-bond acceptors (Lipinski definition) is 6. The fourth-order valence-electron chi connectivity index (χ4n) is 3.02. The van der Waals surface area contributed by atoms with E-state index in [9.17, 15) is 13.2 Å². The number of halogens is 3. The molecule has 2 aromatic carbocycles. The topological polar surface area (TPSA) is 93.6 Å². The van der Waals surface area contributed by atoms with Gasteiger partial charge >= 0.3 is 12.1 Å². The zero-order chi connectivity index (χ0) is 22.0. The Bertz CT molecular complexity index is 1120. The molecule has 2 heterocycles. The molecule has 162 valence electrons. The Morgan fingerprint density at radius 1 is 1.06 bits per heavy atom. The van der Waals surface area contributed by atoms with Crippen LogP contribution < -0.4 is 14.8 Å². The quantitative estimate of drug-likeness (QED) is 0.627. The molecule has 0 bridgehead atoms. The Morgan fingerprint density at radius 3 is 2.45 bits per heavy atom. The van der Waals surface area contributed by atoms with E-state index in [1.807, 2.05) is 18.2 Å². The number of nitrogens with zero attached hydrogens (tertiary/aromatic N) is 2. The zero-order valence-electron chi connectivity index (χ0n) is 16.1. The number of nitrogens with one attached hydrogen (secondary N) is 1. The summed E-state index contributed by atoms with van der Waals surface area (Å²) >= 11 is 0. The van der Waals surface area contributed by atoms with Gasteiger partial charge in [0.15, 0.2) is 11.5 Å². The summed E-state index contributed by atoms with van der Waals surface area (Å²) in [6.45, 7) is 1.28. The third kappa shape index (κ3) is 4.96. The molecule has 31 heavy (non-hydrogen) atoms. The van der Waals surface area contributed by atoms with Crippen LogP contribution >= 0.6 is 0 Å². The molecule has 10 heteroatoms. The molecule has 0 unspecified atom stereocenters. The van der Waals surface area contributed by atoms with E-state index in [1.54, 1.807) is 6.33 Å². The normalized spacial score (nSPS) is 14.7. The molecular formula is C21H18F3N3O4. The lowest BCUT2D eigenvalue weighted by atomic mass is 10.0. The van der Waals surface area contributed by atoms with Crippen LogP contribution in [0.5, 0.6) is 11.5 Å². The maximum absolute atomic E-state index is 10.6. The summed E-state index contributed by atoms with van der Waals surface area (Å²) < 4.78 is 42.6. The standard InChI is InChI=1S/C19H17N3O2.C2HF3O2/c1-2-12(1)9-20-19-15-7-13(3-5-16(15)21-10-22-19)14-4-6-17-18(8-14)24-11-23-17;3-2(4,5)1(6)7/h3-8,10,12H,1-2,9,11H2,(H,20,21,22);(H,6,7). The van der Waals surface area contributed by atoms with Crippen LogP contribution in [0.4, 0.5) is 19.0 Å². The first kappa shape index (κ1) is 20.7. The van der Waals surface area contributed by atoms with Crippen molar-refractivity contribution in [2.24, 2.45) is 5.92 Å². The first-order chi connectivity index (χ1) is 14.8. The van der Waals surface area contributed by atoms with Crippen molar-refractivity contribution in [3.05, 3.63) is 42.7 Å². The third-order valence-corrected chi connectivity index (χ3v) is 4.84. The van der Waals surface area contributed by atoms with Crippen LogP contribution in [0.2, 0.25) is 0 Å². The molecule has 2 N–H and O–H groups in total. The van der Waals surface area contributed by atoms with Gasteiger partial charge in [0.25, 0.3) is 0 Å². The van der Waals surface area contributed by atoms with Crippen LogP contribution in [0, 0.1) is 5.92 Å². The van der Waals surface area contributed by atoms with Gasteiger partial charge in [0, 0.05) is 11.9 Å². The lowest BCUT2D eigenvalue weighted by Gasteiger charge is -2.10. The molecule has 0 amide bonds. The average molecular weight is 433 g/mol. The van der Waals surface area contributed by atoms with Gasteiger partial charge in [0.2, 0.25) is 6.79 Å². The molecule has 5 rings (SSSR count). The predicted molar refractivity (Wildman–Crippen MR) is 106 cm³/mol. The Kier molecular flexibility index (Phi) is 5.53. The summed E-state index contributed by atoms with van der Waals surface area (Å²) in [5.74, 6) is 0.549. The van der Waals surface area contributed by atoms with Crippen LogP contribution in [0.3, 0.4) is 0 Å². The number of ether oxygens (including phenoxy) is 2. The number of carboxylic acid groups (broad SMARTS) is 1. The molecule has 0 atom stereocenters. The molecule has 1 fully saturated rings. The van der Waals surface area contributed by atoms with Crippen LogP contribution in [0.1, 0.15) is 12.8 Å². The summed E-state index contributed by atoms with van der Waals surface area (Å²) in [4.78, 5) is 17.7. The second kappa shape index (κ2) is 8.29. The van der Waals surface area contributed by atoms with Gasteiger partial charge in [0.1, 0.15) is 12.1 Å². The molecule has 1 saturated carbocycles. The van der Waals surface area contributed by atoms with E-state index in [1.165, 1.54) is 12.8 Å². The number of carboxylic acids is 1. The molecule has 0 spiro atoms. The number of anilines is 1. The highest BCUT2D eigenvalue weighted by molar-refractivity contribution is 5.92. The molecule has 0 saturated heterocycles. The van der Waals surface area contributed by atoms with Gasteiger partial charge in [-0.15, -0.1) is 0 Å². The van der Waals surface area contributed by atoms with Crippen molar-refractivity contribution in [2.45, 2.75) is 19.0 Å². The number of aliphatic carboxylic acids is 1. The van der Waals surface area contributed by atoms with Crippen molar-refractivity contribution in [2.75, 3.05) is 18.7 Å². The van der Waals surface area contributed by atoms with Gasteiger partial charge in [-0.25, -0.2) is 14.8 Å². The fraction of sp³-hybridized carbons (Fsp3) is 0.286. The molecule has 0 radical (unpaired) electrons. The molecule has 1 aliphatic heterocycles. The lowest BCUT2D eigenvalue weighted by Crippen LogP contribution is -2.21. The van der Waals surface area contributed by atoms with Gasteiger partial charge in [-0.05, 0) is 54.2 Å². The summed E-state index contributed by atoms with van der Waals surface area (Å²) in [6.07, 6.45) is -0.825. The van der Waals surface area contributed by atoms with Crippen molar-refractivity contribution >= 4 is 22.7 Å². The highest BCUT2D eigenvalue weighted by atomic mass is 19.4. The number of benzene rings is 2. The smallest absolute Gasteiger partial charge is 0.475 e. The second-order valence-corrected chi connectivity index (χ2v) is 7.15. The summed E-state index contributed by atoms with van der Waals surface area (Å²) in [5.41, 5.74) is 3.16. The Hall–Kier alpha value is -3.56. The Balaban J connectivity index is 0.000000289. The Morgan fingerprint density at radius 2 is 1.74 bits per heavy atom. The van der Waals surface area contributed by atoms with Crippen LogP contribution in [-0.4, -0.2) is 40.6 Å².